The van der Waals surface area contributed by atoms with Crippen molar-refractivity contribution in [2.24, 2.45) is 0 Å². The van der Waals surface area contributed by atoms with Crippen LogP contribution in [0.4, 0.5) is 10.6 Å². The lowest BCUT2D eigenvalue weighted by molar-refractivity contribution is -0.122. The second-order valence-electron chi connectivity index (χ2n) is 4.24. The molecule has 2 heterocycles. The van der Waals surface area contributed by atoms with Gasteiger partial charge in [0.15, 0.2) is 5.82 Å². The third kappa shape index (κ3) is 4.85. The summed E-state index contributed by atoms with van der Waals surface area (Å²) in [6.45, 7) is 2.28. The molecule has 2 N–H and O–H groups in total. The van der Waals surface area contributed by atoms with Gasteiger partial charge in [0.25, 0.3) is 0 Å². The van der Waals surface area contributed by atoms with Crippen molar-refractivity contribution < 1.29 is 14.3 Å². The Kier molecular flexibility index (Phi) is 5.41. The van der Waals surface area contributed by atoms with Crippen LogP contribution in [0.2, 0.25) is 0 Å². The molecule has 0 aliphatic heterocycles. The van der Waals surface area contributed by atoms with E-state index in [-0.39, 0.29) is 24.9 Å². The van der Waals surface area contributed by atoms with Crippen LogP contribution >= 0.6 is 0 Å². The van der Waals surface area contributed by atoms with E-state index in [0.717, 1.165) is 5.69 Å². The van der Waals surface area contributed by atoms with Gasteiger partial charge in [-0.05, 0) is 19.1 Å². The Labute approximate surface area is 126 Å². The van der Waals surface area contributed by atoms with Crippen molar-refractivity contribution in [3.8, 4) is 0 Å². The number of rotatable bonds is 6. The van der Waals surface area contributed by atoms with Crippen molar-refractivity contribution in [2.45, 2.75) is 20.0 Å². The molecule has 0 unspecified atom stereocenters. The van der Waals surface area contributed by atoms with Crippen LogP contribution in [0.15, 0.2) is 30.6 Å². The fourth-order valence-electron chi connectivity index (χ4n) is 1.60. The Balaban J connectivity index is 1.79. The summed E-state index contributed by atoms with van der Waals surface area (Å²) in [5, 5.41) is 12.6. The SMILES string of the molecule is CCOC(=O)Nc1cn(CC(=O)NCc2ccccn2)nn1. The van der Waals surface area contributed by atoms with Crippen LogP contribution in [0, 0.1) is 0 Å². The van der Waals surface area contributed by atoms with Crippen LogP contribution in [-0.4, -0.2) is 38.6 Å². The van der Waals surface area contributed by atoms with Gasteiger partial charge in [-0.3, -0.25) is 15.1 Å². The van der Waals surface area contributed by atoms with Gasteiger partial charge in [0, 0.05) is 6.20 Å². The molecule has 2 amide bonds. The summed E-state index contributed by atoms with van der Waals surface area (Å²) in [4.78, 5) is 27.1. The highest BCUT2D eigenvalue weighted by Crippen LogP contribution is 2.01. The molecule has 0 saturated carbocycles. The molecule has 0 spiro atoms. The minimum atomic E-state index is -0.617. The molecule has 2 aromatic heterocycles. The predicted octanol–water partition coefficient (Wildman–Crippen LogP) is 0.558. The van der Waals surface area contributed by atoms with E-state index in [1.807, 2.05) is 12.1 Å². The van der Waals surface area contributed by atoms with Gasteiger partial charge in [0.2, 0.25) is 5.91 Å². The van der Waals surface area contributed by atoms with Gasteiger partial charge in [0.1, 0.15) is 6.54 Å². The van der Waals surface area contributed by atoms with Gasteiger partial charge < -0.3 is 10.1 Å². The Morgan fingerprint density at radius 3 is 2.95 bits per heavy atom. The highest BCUT2D eigenvalue weighted by atomic mass is 16.5. The lowest BCUT2D eigenvalue weighted by Gasteiger charge is -2.04. The molecule has 0 atom stereocenters. The first-order valence-corrected chi connectivity index (χ1v) is 6.68. The summed E-state index contributed by atoms with van der Waals surface area (Å²) < 4.78 is 6.03. The van der Waals surface area contributed by atoms with Crippen molar-refractivity contribution in [1.82, 2.24) is 25.3 Å². The summed E-state index contributed by atoms with van der Waals surface area (Å²) in [5.41, 5.74) is 0.763. The Morgan fingerprint density at radius 1 is 1.36 bits per heavy atom. The third-order valence-corrected chi connectivity index (χ3v) is 2.54. The molecule has 116 valence electrons. The van der Waals surface area contributed by atoms with E-state index >= 15 is 0 Å². The minimum Gasteiger partial charge on any atom is -0.450 e. The zero-order valence-corrected chi connectivity index (χ0v) is 12.0. The molecule has 2 aromatic rings. The molecule has 9 heteroatoms. The number of nitrogens with one attached hydrogen (secondary N) is 2. The third-order valence-electron chi connectivity index (χ3n) is 2.54. The molecule has 0 bridgehead atoms. The van der Waals surface area contributed by atoms with Crippen molar-refractivity contribution >= 4 is 17.8 Å². The maximum absolute atomic E-state index is 11.8. The van der Waals surface area contributed by atoms with Crippen molar-refractivity contribution in [2.75, 3.05) is 11.9 Å². The number of carbonyl (C=O) groups is 2. The molecular weight excluding hydrogens is 288 g/mol. The number of carbonyl (C=O) groups excluding carboxylic acids is 2. The lowest BCUT2D eigenvalue weighted by Crippen LogP contribution is -2.27. The molecular formula is C13H16N6O3. The zero-order chi connectivity index (χ0) is 15.8. The minimum absolute atomic E-state index is 0.00958. The zero-order valence-electron chi connectivity index (χ0n) is 12.0. The predicted molar refractivity (Wildman–Crippen MR) is 76.8 cm³/mol. The van der Waals surface area contributed by atoms with Gasteiger partial charge in [-0.2, -0.15) is 0 Å². The van der Waals surface area contributed by atoms with Gasteiger partial charge in [0.05, 0.1) is 25.0 Å². The van der Waals surface area contributed by atoms with Crippen LogP contribution in [0.3, 0.4) is 0 Å². The second-order valence-corrected chi connectivity index (χ2v) is 4.24. The van der Waals surface area contributed by atoms with Gasteiger partial charge >= 0.3 is 6.09 Å². The maximum Gasteiger partial charge on any atom is 0.412 e. The van der Waals surface area contributed by atoms with Gasteiger partial charge in [-0.15, -0.1) is 5.10 Å². The number of anilines is 1. The first-order chi connectivity index (χ1) is 10.7. The molecule has 9 nitrogen and oxygen atoms in total. The topological polar surface area (TPSA) is 111 Å². The van der Waals surface area contributed by atoms with Crippen molar-refractivity contribution in [3.63, 3.8) is 0 Å². The molecule has 22 heavy (non-hydrogen) atoms. The van der Waals surface area contributed by atoms with E-state index in [1.165, 1.54) is 10.9 Å². The van der Waals surface area contributed by atoms with Crippen LogP contribution in [0.5, 0.6) is 0 Å². The molecule has 0 aliphatic carbocycles. The van der Waals surface area contributed by atoms with E-state index < -0.39 is 6.09 Å². The highest BCUT2D eigenvalue weighted by molar-refractivity contribution is 5.83. The molecule has 0 saturated heterocycles. The summed E-state index contributed by atoms with van der Waals surface area (Å²) in [6.07, 6.45) is 2.48. The number of hydrogen-bond donors (Lipinski definition) is 2. The smallest absolute Gasteiger partial charge is 0.412 e. The summed E-state index contributed by atoms with van der Waals surface area (Å²) >= 11 is 0. The van der Waals surface area contributed by atoms with Crippen molar-refractivity contribution in [1.29, 1.82) is 0 Å². The van der Waals surface area contributed by atoms with E-state index in [4.69, 9.17) is 4.74 Å². The fourth-order valence-corrected chi connectivity index (χ4v) is 1.60. The maximum atomic E-state index is 11.8. The summed E-state index contributed by atoms with van der Waals surface area (Å²) in [5.74, 6) is -0.0192. The first-order valence-electron chi connectivity index (χ1n) is 6.68. The quantitative estimate of drug-likeness (QED) is 0.806. The normalized spacial score (nSPS) is 10.0. The second kappa shape index (κ2) is 7.72. The van der Waals surface area contributed by atoms with E-state index in [1.54, 1.807) is 19.2 Å². The summed E-state index contributed by atoms with van der Waals surface area (Å²) in [6, 6.07) is 5.47. The van der Waals surface area contributed by atoms with Gasteiger partial charge in [-0.25, -0.2) is 9.48 Å². The van der Waals surface area contributed by atoms with E-state index in [0.29, 0.717) is 6.54 Å². The summed E-state index contributed by atoms with van der Waals surface area (Å²) in [7, 11) is 0. The van der Waals surface area contributed by atoms with Crippen molar-refractivity contribution in [3.05, 3.63) is 36.3 Å². The standard InChI is InChI=1S/C13H16N6O3/c1-2-22-13(21)16-11-8-19(18-17-11)9-12(20)15-7-10-5-3-4-6-14-10/h3-6,8H,2,7,9H2,1H3,(H,15,20)(H,16,21). The number of pyridine rings is 1. The van der Waals surface area contributed by atoms with E-state index in [9.17, 15) is 9.59 Å². The molecule has 0 radical (unpaired) electrons. The van der Waals surface area contributed by atoms with Gasteiger partial charge in [-0.1, -0.05) is 11.3 Å². The number of nitrogens with zero attached hydrogens (tertiary/aromatic N) is 4. The Hall–Kier alpha value is -2.97. The number of aromatic nitrogens is 4. The van der Waals surface area contributed by atoms with Crippen LogP contribution in [0.25, 0.3) is 0 Å². The number of ether oxygens (including phenoxy) is 1. The molecule has 0 fully saturated rings. The van der Waals surface area contributed by atoms with Crippen LogP contribution < -0.4 is 10.6 Å². The largest absolute Gasteiger partial charge is 0.450 e. The first kappa shape index (κ1) is 15.4. The van der Waals surface area contributed by atoms with E-state index in [2.05, 4.69) is 25.9 Å². The average molecular weight is 304 g/mol. The Morgan fingerprint density at radius 2 is 2.23 bits per heavy atom. The number of amides is 2. The molecule has 0 aromatic carbocycles. The highest BCUT2D eigenvalue weighted by Gasteiger charge is 2.08. The molecule has 2 rings (SSSR count). The van der Waals surface area contributed by atoms with Crippen LogP contribution in [-0.2, 0) is 22.6 Å². The lowest BCUT2D eigenvalue weighted by atomic mass is 10.3. The molecule has 0 aliphatic rings. The Bertz CT molecular complexity index is 628. The average Bonchev–Trinajstić information content (AvgIpc) is 2.93. The monoisotopic (exact) mass is 304 g/mol. The van der Waals surface area contributed by atoms with Crippen LogP contribution in [0.1, 0.15) is 12.6 Å². The fraction of sp³-hybridized carbons (Fsp3) is 0.308. The number of hydrogen-bond acceptors (Lipinski definition) is 6.